The lowest BCUT2D eigenvalue weighted by Gasteiger charge is -2.02. The van der Waals surface area contributed by atoms with E-state index in [2.05, 4.69) is 10.1 Å². The molecule has 0 saturated carbocycles. The van der Waals surface area contributed by atoms with Gasteiger partial charge in [0.05, 0.1) is 24.1 Å². The summed E-state index contributed by atoms with van der Waals surface area (Å²) in [6.07, 6.45) is 1.71. The number of methoxy groups -OCH3 is 1. The molecule has 0 fully saturated rings. The van der Waals surface area contributed by atoms with Gasteiger partial charge in [-0.05, 0) is 19.9 Å². The molecule has 4 heteroatoms. The van der Waals surface area contributed by atoms with E-state index in [1.807, 2.05) is 26.0 Å². The zero-order valence-corrected chi connectivity index (χ0v) is 8.94. The number of rotatable bonds is 2. The van der Waals surface area contributed by atoms with E-state index < -0.39 is 0 Å². The SMILES string of the molecule is COc1ccnc(-c2c(C)noc2C)c1. The highest BCUT2D eigenvalue weighted by atomic mass is 16.5. The summed E-state index contributed by atoms with van der Waals surface area (Å²) in [7, 11) is 1.63. The molecule has 2 rings (SSSR count). The lowest BCUT2D eigenvalue weighted by atomic mass is 10.1. The molecule has 0 N–H and O–H groups in total. The molecule has 0 saturated heterocycles. The van der Waals surface area contributed by atoms with Gasteiger partial charge < -0.3 is 9.26 Å². The number of hydrogen-bond acceptors (Lipinski definition) is 4. The molecule has 2 aromatic heterocycles. The molecule has 78 valence electrons. The highest BCUT2D eigenvalue weighted by molar-refractivity contribution is 5.64. The van der Waals surface area contributed by atoms with Crippen LogP contribution in [0.15, 0.2) is 22.9 Å². The molecular weight excluding hydrogens is 192 g/mol. The smallest absolute Gasteiger partial charge is 0.143 e. The van der Waals surface area contributed by atoms with E-state index >= 15 is 0 Å². The molecule has 2 heterocycles. The second-order valence-corrected chi connectivity index (χ2v) is 3.28. The van der Waals surface area contributed by atoms with Crippen LogP contribution >= 0.6 is 0 Å². The van der Waals surface area contributed by atoms with Crippen LogP contribution in [0, 0.1) is 13.8 Å². The van der Waals surface area contributed by atoms with E-state index in [1.54, 1.807) is 13.3 Å². The third-order valence-electron chi connectivity index (χ3n) is 2.26. The van der Waals surface area contributed by atoms with Crippen molar-refractivity contribution in [2.24, 2.45) is 0 Å². The molecule has 0 atom stereocenters. The Hall–Kier alpha value is -1.84. The van der Waals surface area contributed by atoms with E-state index in [0.717, 1.165) is 28.5 Å². The summed E-state index contributed by atoms with van der Waals surface area (Å²) in [6.45, 7) is 3.77. The Morgan fingerprint density at radius 1 is 1.33 bits per heavy atom. The average molecular weight is 204 g/mol. The van der Waals surface area contributed by atoms with Gasteiger partial charge in [-0.3, -0.25) is 4.98 Å². The van der Waals surface area contributed by atoms with E-state index in [-0.39, 0.29) is 0 Å². The zero-order valence-electron chi connectivity index (χ0n) is 8.94. The van der Waals surface area contributed by atoms with Crippen molar-refractivity contribution in [2.45, 2.75) is 13.8 Å². The standard InChI is InChI=1S/C11H12N2O2/c1-7-11(8(2)15-13-7)10-6-9(14-3)4-5-12-10/h4-6H,1-3H3. The highest BCUT2D eigenvalue weighted by Crippen LogP contribution is 2.27. The quantitative estimate of drug-likeness (QED) is 0.753. The van der Waals surface area contributed by atoms with Crippen LogP contribution in [0.4, 0.5) is 0 Å². The van der Waals surface area contributed by atoms with Crippen molar-refractivity contribution in [1.29, 1.82) is 0 Å². The van der Waals surface area contributed by atoms with Gasteiger partial charge in [0.1, 0.15) is 11.5 Å². The third-order valence-corrected chi connectivity index (χ3v) is 2.26. The summed E-state index contributed by atoms with van der Waals surface area (Å²) in [5, 5.41) is 3.89. The first-order valence-corrected chi connectivity index (χ1v) is 4.65. The second-order valence-electron chi connectivity index (χ2n) is 3.28. The lowest BCUT2D eigenvalue weighted by molar-refractivity contribution is 0.393. The summed E-state index contributed by atoms with van der Waals surface area (Å²) in [5.74, 6) is 1.55. The van der Waals surface area contributed by atoms with Crippen LogP contribution in [-0.4, -0.2) is 17.3 Å². The van der Waals surface area contributed by atoms with Gasteiger partial charge in [0.15, 0.2) is 0 Å². The number of nitrogens with zero attached hydrogens (tertiary/aromatic N) is 2. The minimum Gasteiger partial charge on any atom is -0.497 e. The molecule has 15 heavy (non-hydrogen) atoms. The van der Waals surface area contributed by atoms with Gasteiger partial charge in [-0.2, -0.15) is 0 Å². The minimum atomic E-state index is 0.772. The molecule has 0 bridgehead atoms. The Balaban J connectivity index is 2.53. The molecule has 0 radical (unpaired) electrons. The Labute approximate surface area is 87.9 Å². The average Bonchev–Trinajstić information content (AvgIpc) is 2.59. The maximum absolute atomic E-state index is 5.14. The van der Waals surface area contributed by atoms with Crippen LogP contribution in [0.2, 0.25) is 0 Å². The summed E-state index contributed by atoms with van der Waals surface area (Å²) >= 11 is 0. The molecular formula is C11H12N2O2. The number of aromatic nitrogens is 2. The van der Waals surface area contributed by atoms with Crippen LogP contribution in [-0.2, 0) is 0 Å². The van der Waals surface area contributed by atoms with Crippen molar-refractivity contribution >= 4 is 0 Å². The van der Waals surface area contributed by atoms with Crippen LogP contribution in [0.1, 0.15) is 11.5 Å². The van der Waals surface area contributed by atoms with Crippen molar-refractivity contribution in [3.05, 3.63) is 29.8 Å². The normalized spacial score (nSPS) is 10.3. The summed E-state index contributed by atoms with van der Waals surface area (Å²) < 4.78 is 10.2. The van der Waals surface area contributed by atoms with Gasteiger partial charge in [-0.25, -0.2) is 0 Å². The summed E-state index contributed by atoms with van der Waals surface area (Å²) in [4.78, 5) is 4.27. The van der Waals surface area contributed by atoms with Crippen molar-refractivity contribution in [3.8, 4) is 17.0 Å². The van der Waals surface area contributed by atoms with Crippen LogP contribution in [0.25, 0.3) is 11.3 Å². The molecule has 0 aliphatic rings. The van der Waals surface area contributed by atoms with Crippen LogP contribution in [0.3, 0.4) is 0 Å². The predicted molar refractivity (Wildman–Crippen MR) is 55.8 cm³/mol. The molecule has 0 aliphatic heterocycles. The second kappa shape index (κ2) is 3.73. The van der Waals surface area contributed by atoms with Crippen molar-refractivity contribution < 1.29 is 9.26 Å². The van der Waals surface area contributed by atoms with Gasteiger partial charge in [0.2, 0.25) is 0 Å². The van der Waals surface area contributed by atoms with Crippen molar-refractivity contribution in [3.63, 3.8) is 0 Å². The number of ether oxygens (including phenoxy) is 1. The Morgan fingerprint density at radius 2 is 2.13 bits per heavy atom. The number of pyridine rings is 1. The van der Waals surface area contributed by atoms with Gasteiger partial charge in [-0.15, -0.1) is 0 Å². The molecule has 0 aliphatic carbocycles. The first-order valence-electron chi connectivity index (χ1n) is 4.65. The Morgan fingerprint density at radius 3 is 2.73 bits per heavy atom. The number of hydrogen-bond donors (Lipinski definition) is 0. The maximum atomic E-state index is 5.14. The van der Waals surface area contributed by atoms with Crippen LogP contribution < -0.4 is 4.74 Å². The van der Waals surface area contributed by atoms with E-state index in [4.69, 9.17) is 9.26 Å². The first-order chi connectivity index (χ1) is 7.22. The largest absolute Gasteiger partial charge is 0.497 e. The highest BCUT2D eigenvalue weighted by Gasteiger charge is 2.12. The minimum absolute atomic E-state index is 0.772. The van der Waals surface area contributed by atoms with Crippen LogP contribution in [0.5, 0.6) is 5.75 Å². The van der Waals surface area contributed by atoms with Gasteiger partial charge in [-0.1, -0.05) is 5.16 Å². The van der Waals surface area contributed by atoms with E-state index in [1.165, 1.54) is 0 Å². The monoisotopic (exact) mass is 204 g/mol. The fourth-order valence-corrected chi connectivity index (χ4v) is 1.52. The van der Waals surface area contributed by atoms with E-state index in [9.17, 15) is 0 Å². The molecule has 0 aromatic carbocycles. The molecule has 0 amide bonds. The molecule has 4 nitrogen and oxygen atoms in total. The first kappa shape index (κ1) is 9.71. The Bertz CT molecular complexity index is 458. The van der Waals surface area contributed by atoms with Gasteiger partial charge >= 0.3 is 0 Å². The molecule has 2 aromatic rings. The third kappa shape index (κ3) is 1.70. The van der Waals surface area contributed by atoms with Gasteiger partial charge in [0.25, 0.3) is 0 Å². The topological polar surface area (TPSA) is 48.2 Å². The fourth-order valence-electron chi connectivity index (χ4n) is 1.52. The van der Waals surface area contributed by atoms with Crippen molar-refractivity contribution in [1.82, 2.24) is 10.1 Å². The summed E-state index contributed by atoms with van der Waals surface area (Å²) in [5.41, 5.74) is 2.60. The molecule has 0 unspecified atom stereocenters. The Kier molecular flexibility index (Phi) is 2.41. The number of aryl methyl sites for hydroxylation is 2. The lowest BCUT2D eigenvalue weighted by Crippen LogP contribution is -1.88. The maximum Gasteiger partial charge on any atom is 0.143 e. The molecule has 0 spiro atoms. The van der Waals surface area contributed by atoms with Gasteiger partial charge in [0, 0.05) is 12.3 Å². The summed E-state index contributed by atoms with van der Waals surface area (Å²) in [6, 6.07) is 3.67. The van der Waals surface area contributed by atoms with Crippen molar-refractivity contribution in [2.75, 3.05) is 7.11 Å². The predicted octanol–water partition coefficient (Wildman–Crippen LogP) is 2.36. The van der Waals surface area contributed by atoms with E-state index in [0.29, 0.717) is 0 Å². The zero-order chi connectivity index (χ0) is 10.8. The fraction of sp³-hybridized carbons (Fsp3) is 0.273.